The van der Waals surface area contributed by atoms with E-state index in [1.54, 1.807) is 44.4 Å². The molecule has 0 aliphatic carbocycles. The van der Waals surface area contributed by atoms with E-state index in [0.29, 0.717) is 5.75 Å². The number of halogens is 2. The van der Waals surface area contributed by atoms with E-state index in [2.05, 4.69) is 5.32 Å². The van der Waals surface area contributed by atoms with Crippen LogP contribution in [0.25, 0.3) is 0 Å². The van der Waals surface area contributed by atoms with E-state index in [-0.39, 0.29) is 34.2 Å². The van der Waals surface area contributed by atoms with Crippen LogP contribution in [0.15, 0.2) is 42.5 Å². The minimum Gasteiger partial charge on any atom is -0.497 e. The van der Waals surface area contributed by atoms with E-state index in [1.807, 2.05) is 13.8 Å². The summed E-state index contributed by atoms with van der Waals surface area (Å²) < 4.78 is 31.3. The third-order valence-corrected chi connectivity index (χ3v) is 7.49. The molecule has 0 aromatic heterocycles. The predicted octanol–water partition coefficient (Wildman–Crippen LogP) is 4.10. The molecule has 0 unspecified atom stereocenters. The van der Waals surface area contributed by atoms with Gasteiger partial charge in [0.25, 0.3) is 0 Å². The number of sulfonamides is 1. The molecular weight excluding hydrogens is 513 g/mol. The fourth-order valence-corrected chi connectivity index (χ4v) is 4.56. The van der Waals surface area contributed by atoms with Crippen LogP contribution in [-0.4, -0.2) is 57.1 Å². The van der Waals surface area contributed by atoms with Crippen molar-refractivity contribution in [3.05, 3.63) is 58.1 Å². The molecule has 2 aromatic rings. The number of ether oxygens (including phenoxy) is 1. The Morgan fingerprint density at radius 1 is 1.09 bits per heavy atom. The molecule has 35 heavy (non-hydrogen) atoms. The second kappa shape index (κ2) is 12.5. The van der Waals surface area contributed by atoms with Gasteiger partial charge in [-0.3, -0.25) is 13.9 Å². The molecule has 0 aliphatic rings. The molecule has 0 fully saturated rings. The topological polar surface area (TPSA) is 96.0 Å². The fraction of sp³-hybridized carbons (Fsp3) is 0.417. The summed E-state index contributed by atoms with van der Waals surface area (Å²) in [5.41, 5.74) is 0.824. The van der Waals surface area contributed by atoms with Crippen molar-refractivity contribution >= 4 is 50.7 Å². The highest BCUT2D eigenvalue weighted by atomic mass is 35.5. The van der Waals surface area contributed by atoms with Crippen molar-refractivity contribution in [3.8, 4) is 5.75 Å². The van der Waals surface area contributed by atoms with Gasteiger partial charge in [-0.2, -0.15) is 0 Å². The number of hydrogen-bond acceptors (Lipinski definition) is 5. The maximum Gasteiger partial charge on any atom is 0.244 e. The van der Waals surface area contributed by atoms with E-state index < -0.39 is 28.5 Å². The highest BCUT2D eigenvalue weighted by molar-refractivity contribution is 7.92. The molecule has 0 heterocycles. The number of hydrogen-bond donors (Lipinski definition) is 1. The summed E-state index contributed by atoms with van der Waals surface area (Å²) >= 11 is 12.3. The first kappa shape index (κ1) is 28.7. The highest BCUT2D eigenvalue weighted by Crippen LogP contribution is 2.33. The summed E-state index contributed by atoms with van der Waals surface area (Å²) in [7, 11) is -2.36. The number of amides is 2. The van der Waals surface area contributed by atoms with Crippen molar-refractivity contribution in [3.63, 3.8) is 0 Å². The molecule has 2 amide bonds. The number of nitrogens with one attached hydrogen (secondary N) is 1. The Kier molecular flexibility index (Phi) is 10.2. The third-order valence-electron chi connectivity index (χ3n) is 5.56. The van der Waals surface area contributed by atoms with Crippen molar-refractivity contribution < 1.29 is 22.7 Å². The Morgan fingerprint density at radius 3 is 2.26 bits per heavy atom. The van der Waals surface area contributed by atoms with Gasteiger partial charge in [0.15, 0.2) is 0 Å². The van der Waals surface area contributed by atoms with Crippen molar-refractivity contribution in [2.45, 2.75) is 45.8 Å². The molecule has 0 saturated carbocycles. The third kappa shape index (κ3) is 7.75. The molecule has 2 atom stereocenters. The predicted molar refractivity (Wildman–Crippen MR) is 140 cm³/mol. The van der Waals surface area contributed by atoms with Crippen molar-refractivity contribution in [1.82, 2.24) is 10.2 Å². The van der Waals surface area contributed by atoms with Gasteiger partial charge >= 0.3 is 0 Å². The van der Waals surface area contributed by atoms with Crippen LogP contribution in [0.1, 0.15) is 32.8 Å². The summed E-state index contributed by atoms with van der Waals surface area (Å²) in [6.07, 6.45) is 1.70. The largest absolute Gasteiger partial charge is 0.497 e. The number of nitrogens with zero attached hydrogens (tertiary/aromatic N) is 2. The molecule has 8 nitrogen and oxygen atoms in total. The second-order valence-corrected chi connectivity index (χ2v) is 10.9. The molecule has 0 radical (unpaired) electrons. The van der Waals surface area contributed by atoms with Gasteiger partial charge in [-0.1, -0.05) is 48.3 Å². The number of anilines is 1. The highest BCUT2D eigenvalue weighted by Gasteiger charge is 2.31. The quantitative estimate of drug-likeness (QED) is 0.460. The fourth-order valence-electron chi connectivity index (χ4n) is 3.26. The van der Waals surface area contributed by atoms with Gasteiger partial charge in [0, 0.05) is 12.6 Å². The zero-order chi connectivity index (χ0) is 26.3. The number of rotatable bonds is 11. The average molecular weight is 545 g/mol. The van der Waals surface area contributed by atoms with E-state index in [0.717, 1.165) is 22.5 Å². The lowest BCUT2D eigenvalue weighted by molar-refractivity contribution is -0.139. The molecule has 11 heteroatoms. The number of methoxy groups -OCH3 is 1. The van der Waals surface area contributed by atoms with Crippen LogP contribution in [0, 0.1) is 0 Å². The lowest BCUT2D eigenvalue weighted by Crippen LogP contribution is -2.52. The van der Waals surface area contributed by atoms with E-state index in [4.69, 9.17) is 27.9 Å². The summed E-state index contributed by atoms with van der Waals surface area (Å²) in [5.74, 6) is -0.268. The molecular formula is C24H31Cl2N3O5S. The first-order valence-electron chi connectivity index (χ1n) is 11.0. The molecule has 0 spiro atoms. The Labute approximate surface area is 217 Å². The van der Waals surface area contributed by atoms with Crippen LogP contribution in [0.3, 0.4) is 0 Å². The van der Waals surface area contributed by atoms with Crippen molar-refractivity contribution in [2.75, 3.05) is 24.2 Å². The Morgan fingerprint density at radius 2 is 1.71 bits per heavy atom. The standard InChI is InChI=1S/C24H31Cl2N3O5S/c1-6-16(2)27-24(31)17(3)28(14-18-10-12-19(34-4)13-11-18)22(30)15-29(35(5,32)33)21-9-7-8-20(25)23(21)26/h7-13,16-17H,6,14-15H2,1-5H3,(H,27,31)/t16-,17-/m0/s1. The van der Waals surface area contributed by atoms with Crippen molar-refractivity contribution in [2.24, 2.45) is 0 Å². The zero-order valence-corrected chi connectivity index (χ0v) is 22.7. The number of benzene rings is 2. The SMILES string of the molecule is CC[C@H](C)NC(=O)[C@H](C)N(Cc1ccc(OC)cc1)C(=O)CN(c1cccc(Cl)c1Cl)S(C)(=O)=O. The minimum atomic E-state index is -3.91. The van der Waals surface area contributed by atoms with Crippen LogP contribution in [-0.2, 0) is 26.2 Å². The number of carbonyl (C=O) groups is 2. The van der Waals surface area contributed by atoms with Crippen LogP contribution in [0.2, 0.25) is 10.0 Å². The molecule has 2 rings (SSSR count). The summed E-state index contributed by atoms with van der Waals surface area (Å²) in [4.78, 5) is 27.8. The second-order valence-electron chi connectivity index (χ2n) is 8.21. The van der Waals surface area contributed by atoms with Crippen molar-refractivity contribution in [1.29, 1.82) is 0 Å². The zero-order valence-electron chi connectivity index (χ0n) is 20.4. The maximum atomic E-state index is 13.5. The smallest absolute Gasteiger partial charge is 0.244 e. The van der Waals surface area contributed by atoms with Crippen LogP contribution < -0.4 is 14.4 Å². The Bertz CT molecular complexity index is 1140. The van der Waals surface area contributed by atoms with Gasteiger partial charge in [-0.05, 0) is 50.1 Å². The van der Waals surface area contributed by atoms with E-state index in [9.17, 15) is 18.0 Å². The molecule has 0 aliphatic heterocycles. The first-order chi connectivity index (χ1) is 16.4. The van der Waals surface area contributed by atoms with Crippen LogP contribution in [0.4, 0.5) is 5.69 Å². The summed E-state index contributed by atoms with van der Waals surface area (Å²) in [6.45, 7) is 4.94. The molecule has 2 aromatic carbocycles. The lowest BCUT2D eigenvalue weighted by atomic mass is 10.1. The Balaban J connectivity index is 2.42. The minimum absolute atomic E-state index is 0.0108. The average Bonchev–Trinajstić information content (AvgIpc) is 2.81. The van der Waals surface area contributed by atoms with Crippen LogP contribution >= 0.6 is 23.2 Å². The Hall–Kier alpha value is -2.49. The first-order valence-corrected chi connectivity index (χ1v) is 13.6. The van der Waals surface area contributed by atoms with E-state index in [1.165, 1.54) is 17.0 Å². The lowest BCUT2D eigenvalue weighted by Gasteiger charge is -2.32. The summed E-state index contributed by atoms with van der Waals surface area (Å²) in [5, 5.41) is 3.04. The van der Waals surface area contributed by atoms with Gasteiger partial charge in [-0.15, -0.1) is 0 Å². The molecule has 0 saturated heterocycles. The maximum absolute atomic E-state index is 13.5. The monoisotopic (exact) mass is 543 g/mol. The van der Waals surface area contributed by atoms with E-state index >= 15 is 0 Å². The van der Waals surface area contributed by atoms with Gasteiger partial charge < -0.3 is 15.0 Å². The normalized spacial score (nSPS) is 13.0. The van der Waals surface area contributed by atoms with Crippen LogP contribution in [0.5, 0.6) is 5.75 Å². The van der Waals surface area contributed by atoms with Gasteiger partial charge in [0.05, 0.1) is 29.1 Å². The molecule has 1 N–H and O–H groups in total. The van der Waals surface area contributed by atoms with Gasteiger partial charge in [0.2, 0.25) is 21.8 Å². The number of carbonyl (C=O) groups excluding carboxylic acids is 2. The summed E-state index contributed by atoms with van der Waals surface area (Å²) in [6, 6.07) is 10.6. The van der Waals surface area contributed by atoms with Gasteiger partial charge in [-0.25, -0.2) is 8.42 Å². The molecule has 0 bridgehead atoms. The molecule has 192 valence electrons. The van der Waals surface area contributed by atoms with Gasteiger partial charge in [0.1, 0.15) is 18.3 Å².